The molecule has 0 aliphatic rings. The fraction of sp³-hybridized carbons (Fsp3) is 0.286. The quantitative estimate of drug-likeness (QED) is 0.914. The summed E-state index contributed by atoms with van der Waals surface area (Å²) in [6.07, 6.45) is 0. The number of rotatable bonds is 3. The lowest BCUT2D eigenvalue weighted by atomic mass is 10.1. The summed E-state index contributed by atoms with van der Waals surface area (Å²) in [5.41, 5.74) is 0.984. The number of benzene rings is 1. The Morgan fingerprint density at radius 1 is 1.33 bits per heavy atom. The molecule has 0 radical (unpaired) electrons. The van der Waals surface area contributed by atoms with Gasteiger partial charge in [-0.1, -0.05) is 6.07 Å². The van der Waals surface area contributed by atoms with Crippen LogP contribution in [-0.4, -0.2) is 15.8 Å². The molecule has 0 saturated heterocycles. The lowest BCUT2D eigenvalue weighted by Crippen LogP contribution is -2.32. The number of hydrogen-bond donors (Lipinski definition) is 2. The van der Waals surface area contributed by atoms with Gasteiger partial charge in [0.05, 0.1) is 11.7 Å². The minimum atomic E-state index is -0.695. The molecule has 112 valence electrons. The minimum absolute atomic E-state index is 0.215. The number of nitrogens with one attached hydrogen (secondary N) is 2. The predicted octanol–water partition coefficient (Wildman–Crippen LogP) is 2.89. The number of amides is 2. The zero-order valence-electron chi connectivity index (χ0n) is 11.9. The summed E-state index contributed by atoms with van der Waals surface area (Å²) in [7, 11) is 1.70. The number of hydrogen-bond acceptors (Lipinski definition) is 2. The predicted molar refractivity (Wildman–Crippen MR) is 74.9 cm³/mol. The SMILES string of the molecule is Cc1cc(NC(=O)N[C@H](C)c2ccc(F)cc2F)n(C)n1. The van der Waals surface area contributed by atoms with Crippen molar-refractivity contribution in [3.05, 3.63) is 47.2 Å². The van der Waals surface area contributed by atoms with Crippen LogP contribution in [0.25, 0.3) is 0 Å². The monoisotopic (exact) mass is 294 g/mol. The van der Waals surface area contributed by atoms with Crippen molar-refractivity contribution in [2.24, 2.45) is 7.05 Å². The molecule has 2 N–H and O–H groups in total. The van der Waals surface area contributed by atoms with Gasteiger partial charge in [0.2, 0.25) is 0 Å². The van der Waals surface area contributed by atoms with Gasteiger partial charge in [-0.3, -0.25) is 10.00 Å². The van der Waals surface area contributed by atoms with E-state index in [0.29, 0.717) is 5.82 Å². The zero-order valence-corrected chi connectivity index (χ0v) is 11.9. The van der Waals surface area contributed by atoms with Gasteiger partial charge in [-0.15, -0.1) is 0 Å². The molecular weight excluding hydrogens is 278 g/mol. The van der Waals surface area contributed by atoms with Crippen molar-refractivity contribution in [2.75, 3.05) is 5.32 Å². The summed E-state index contributed by atoms with van der Waals surface area (Å²) in [5.74, 6) is -0.825. The average Bonchev–Trinajstić information content (AvgIpc) is 2.67. The number of aromatic nitrogens is 2. The molecule has 1 heterocycles. The molecule has 5 nitrogen and oxygen atoms in total. The van der Waals surface area contributed by atoms with E-state index in [0.717, 1.165) is 17.8 Å². The third-order valence-electron chi connectivity index (χ3n) is 3.02. The minimum Gasteiger partial charge on any atom is -0.331 e. The van der Waals surface area contributed by atoms with Crippen molar-refractivity contribution in [2.45, 2.75) is 19.9 Å². The van der Waals surface area contributed by atoms with Crippen LogP contribution in [0.3, 0.4) is 0 Å². The third-order valence-corrected chi connectivity index (χ3v) is 3.02. The van der Waals surface area contributed by atoms with Gasteiger partial charge < -0.3 is 5.32 Å². The Labute approximate surface area is 121 Å². The van der Waals surface area contributed by atoms with Crippen molar-refractivity contribution in [3.8, 4) is 0 Å². The van der Waals surface area contributed by atoms with E-state index in [9.17, 15) is 13.6 Å². The molecule has 0 aliphatic carbocycles. The van der Waals surface area contributed by atoms with Crippen molar-refractivity contribution in [1.29, 1.82) is 0 Å². The van der Waals surface area contributed by atoms with Gasteiger partial charge >= 0.3 is 6.03 Å². The number of carbonyl (C=O) groups is 1. The molecule has 7 heteroatoms. The van der Waals surface area contributed by atoms with Crippen LogP contribution < -0.4 is 10.6 Å². The molecule has 0 unspecified atom stereocenters. The first-order valence-electron chi connectivity index (χ1n) is 6.40. The number of halogens is 2. The maximum atomic E-state index is 13.6. The Morgan fingerprint density at radius 3 is 2.62 bits per heavy atom. The fourth-order valence-corrected chi connectivity index (χ4v) is 2.01. The van der Waals surface area contributed by atoms with E-state index in [1.54, 1.807) is 27.0 Å². The Bertz CT molecular complexity index is 669. The fourth-order valence-electron chi connectivity index (χ4n) is 2.01. The number of urea groups is 1. The van der Waals surface area contributed by atoms with Crippen LogP contribution in [0.5, 0.6) is 0 Å². The van der Waals surface area contributed by atoms with Crippen molar-refractivity contribution in [3.63, 3.8) is 0 Å². The van der Waals surface area contributed by atoms with Gasteiger partial charge in [-0.2, -0.15) is 5.10 Å². The highest BCUT2D eigenvalue weighted by Gasteiger charge is 2.15. The topological polar surface area (TPSA) is 59.0 Å². The maximum absolute atomic E-state index is 13.6. The molecule has 0 aliphatic heterocycles. The van der Waals surface area contributed by atoms with Crippen LogP contribution in [0, 0.1) is 18.6 Å². The van der Waals surface area contributed by atoms with Crippen molar-refractivity contribution in [1.82, 2.24) is 15.1 Å². The number of aryl methyl sites for hydroxylation is 2. The number of anilines is 1. The highest BCUT2D eigenvalue weighted by molar-refractivity contribution is 5.88. The van der Waals surface area contributed by atoms with Gasteiger partial charge in [0.1, 0.15) is 17.5 Å². The van der Waals surface area contributed by atoms with E-state index >= 15 is 0 Å². The van der Waals surface area contributed by atoms with Gasteiger partial charge in [0.15, 0.2) is 0 Å². The number of nitrogens with zero attached hydrogens (tertiary/aromatic N) is 2. The second-order valence-corrected chi connectivity index (χ2v) is 4.78. The second-order valence-electron chi connectivity index (χ2n) is 4.78. The summed E-state index contributed by atoms with van der Waals surface area (Å²) in [5, 5.41) is 9.30. The molecule has 1 aromatic carbocycles. The van der Waals surface area contributed by atoms with Crippen LogP contribution in [0.1, 0.15) is 24.2 Å². The molecule has 2 amide bonds. The van der Waals surface area contributed by atoms with Gasteiger partial charge in [-0.25, -0.2) is 13.6 Å². The largest absolute Gasteiger partial charge is 0.331 e. The molecular formula is C14H16F2N4O. The molecule has 1 aromatic heterocycles. The molecule has 1 atom stereocenters. The first-order chi connectivity index (χ1) is 9.86. The van der Waals surface area contributed by atoms with Gasteiger partial charge in [0, 0.05) is 24.7 Å². The molecule has 0 fully saturated rings. The summed E-state index contributed by atoms with van der Waals surface area (Å²) in [6, 6.07) is 3.87. The lowest BCUT2D eigenvalue weighted by molar-refractivity contribution is 0.249. The molecule has 21 heavy (non-hydrogen) atoms. The Hall–Kier alpha value is -2.44. The smallest absolute Gasteiger partial charge is 0.320 e. The first-order valence-corrected chi connectivity index (χ1v) is 6.40. The van der Waals surface area contributed by atoms with Crippen LogP contribution in [0.2, 0.25) is 0 Å². The standard InChI is InChI=1S/C14H16F2N4O/c1-8-6-13(20(3)19-8)18-14(21)17-9(2)11-5-4-10(15)7-12(11)16/h4-7,9H,1-3H3,(H2,17,18,21)/t9-/m1/s1. The lowest BCUT2D eigenvalue weighted by Gasteiger charge is -2.15. The summed E-state index contributed by atoms with van der Waals surface area (Å²) in [6.45, 7) is 3.42. The van der Waals surface area contributed by atoms with E-state index in [1.165, 1.54) is 10.7 Å². The first kappa shape index (κ1) is 15.0. The van der Waals surface area contributed by atoms with E-state index in [2.05, 4.69) is 15.7 Å². The summed E-state index contributed by atoms with van der Waals surface area (Å²) in [4.78, 5) is 11.9. The van der Waals surface area contributed by atoms with Crippen molar-refractivity contribution >= 4 is 11.8 Å². The third kappa shape index (κ3) is 3.56. The highest BCUT2D eigenvalue weighted by Crippen LogP contribution is 2.18. The van der Waals surface area contributed by atoms with Crippen LogP contribution in [-0.2, 0) is 7.05 Å². The van der Waals surface area contributed by atoms with Crippen molar-refractivity contribution < 1.29 is 13.6 Å². The molecule has 2 aromatic rings. The van der Waals surface area contributed by atoms with Crippen LogP contribution in [0.4, 0.5) is 19.4 Å². The summed E-state index contributed by atoms with van der Waals surface area (Å²) < 4.78 is 28.0. The van der Waals surface area contributed by atoms with E-state index in [-0.39, 0.29) is 5.56 Å². The zero-order chi connectivity index (χ0) is 15.6. The van der Waals surface area contributed by atoms with Gasteiger partial charge in [0.25, 0.3) is 0 Å². The Morgan fingerprint density at radius 2 is 2.05 bits per heavy atom. The van der Waals surface area contributed by atoms with E-state index < -0.39 is 23.7 Å². The maximum Gasteiger partial charge on any atom is 0.320 e. The molecule has 0 bridgehead atoms. The normalized spacial score (nSPS) is 12.0. The van der Waals surface area contributed by atoms with E-state index in [1.807, 2.05) is 0 Å². The highest BCUT2D eigenvalue weighted by atomic mass is 19.1. The van der Waals surface area contributed by atoms with Gasteiger partial charge in [-0.05, 0) is 19.9 Å². The average molecular weight is 294 g/mol. The second kappa shape index (κ2) is 5.90. The Balaban J connectivity index is 2.03. The van der Waals surface area contributed by atoms with Crippen LogP contribution in [0.15, 0.2) is 24.3 Å². The van der Waals surface area contributed by atoms with E-state index in [4.69, 9.17) is 0 Å². The van der Waals surface area contributed by atoms with Crippen LogP contribution >= 0.6 is 0 Å². The Kier molecular flexibility index (Phi) is 4.21. The number of carbonyl (C=O) groups excluding carboxylic acids is 1. The summed E-state index contributed by atoms with van der Waals surface area (Å²) >= 11 is 0. The molecule has 0 spiro atoms. The molecule has 2 rings (SSSR count). The molecule has 0 saturated carbocycles.